The third kappa shape index (κ3) is 7.25. The third-order valence-corrected chi connectivity index (χ3v) is 2.13. The molecule has 0 unspecified atom stereocenters. The van der Waals surface area contributed by atoms with Crippen LogP contribution in [0.4, 0.5) is 0 Å². The van der Waals surface area contributed by atoms with Gasteiger partial charge in [0.25, 0.3) is 0 Å². The predicted molar refractivity (Wildman–Crippen MR) is 60.1 cm³/mol. The van der Waals surface area contributed by atoms with Crippen LogP contribution in [-0.4, -0.2) is 34.9 Å². The van der Waals surface area contributed by atoms with Gasteiger partial charge in [-0.15, -0.1) is 0 Å². The van der Waals surface area contributed by atoms with E-state index in [2.05, 4.69) is 5.32 Å². The summed E-state index contributed by atoms with van der Waals surface area (Å²) < 4.78 is 0. The predicted octanol–water partition coefficient (Wildman–Crippen LogP) is -1.06. The van der Waals surface area contributed by atoms with Crippen LogP contribution in [-0.2, 0) is 9.59 Å². The van der Waals surface area contributed by atoms with E-state index in [0.717, 1.165) is 19.3 Å². The summed E-state index contributed by atoms with van der Waals surface area (Å²) in [6.45, 7) is 2.02. The topological polar surface area (TPSA) is 113 Å². The molecule has 7 heteroatoms. The molecule has 0 aromatic rings. The van der Waals surface area contributed by atoms with Gasteiger partial charge in [-0.3, -0.25) is 9.59 Å². The summed E-state index contributed by atoms with van der Waals surface area (Å²) in [6, 6.07) is 0. The Morgan fingerprint density at radius 1 is 1.38 bits per heavy atom. The van der Waals surface area contributed by atoms with Crippen molar-refractivity contribution < 1.29 is 19.6 Å². The van der Waals surface area contributed by atoms with Crippen molar-refractivity contribution in [3.8, 4) is 0 Å². The van der Waals surface area contributed by atoms with Crippen LogP contribution in [0.15, 0.2) is 0 Å². The summed E-state index contributed by atoms with van der Waals surface area (Å²) in [6.07, 6.45) is 2.72. The van der Waals surface area contributed by atoms with E-state index in [1.54, 1.807) is 0 Å². The number of carbonyl (C=O) groups excluding carboxylic acids is 2. The molecule has 0 aliphatic carbocycles. The molecule has 0 aromatic heterocycles. The lowest BCUT2D eigenvalue weighted by Crippen LogP contribution is -2.48. The first-order valence-electron chi connectivity index (χ1n) is 5.41. The maximum Gasteiger partial charge on any atom is 0.475 e. The van der Waals surface area contributed by atoms with Crippen molar-refractivity contribution in [1.29, 1.82) is 0 Å². The molecule has 0 saturated carbocycles. The van der Waals surface area contributed by atoms with Gasteiger partial charge in [0.05, 0.1) is 5.94 Å². The zero-order valence-electron chi connectivity index (χ0n) is 9.48. The summed E-state index contributed by atoms with van der Waals surface area (Å²) >= 11 is 0. The maximum absolute atomic E-state index is 11.3. The van der Waals surface area contributed by atoms with Crippen LogP contribution in [0.3, 0.4) is 0 Å². The highest BCUT2D eigenvalue weighted by molar-refractivity contribution is 6.44. The van der Waals surface area contributed by atoms with E-state index in [1.165, 1.54) is 0 Å². The first-order valence-corrected chi connectivity index (χ1v) is 5.41. The van der Waals surface area contributed by atoms with Crippen LogP contribution in [0.25, 0.3) is 0 Å². The van der Waals surface area contributed by atoms with Crippen LogP contribution in [0.5, 0.6) is 0 Å². The van der Waals surface area contributed by atoms with Crippen molar-refractivity contribution in [2.45, 2.75) is 45.0 Å². The molecule has 0 saturated heterocycles. The Labute approximate surface area is 95.4 Å². The highest BCUT2D eigenvalue weighted by atomic mass is 16.4. The third-order valence-electron chi connectivity index (χ3n) is 2.13. The van der Waals surface area contributed by atoms with E-state index >= 15 is 0 Å². The molecule has 2 amide bonds. The Bertz CT molecular complexity index is 236. The van der Waals surface area contributed by atoms with Crippen LogP contribution in [0.1, 0.15) is 39.0 Å². The molecule has 0 heterocycles. The van der Waals surface area contributed by atoms with Crippen molar-refractivity contribution in [3.05, 3.63) is 0 Å². The molecule has 6 nitrogen and oxygen atoms in total. The Morgan fingerprint density at radius 2 is 2.00 bits per heavy atom. The lowest BCUT2D eigenvalue weighted by molar-refractivity contribution is -0.122. The first-order chi connectivity index (χ1) is 7.47. The minimum atomic E-state index is -1.78. The van der Waals surface area contributed by atoms with E-state index in [4.69, 9.17) is 15.8 Å². The highest BCUT2D eigenvalue weighted by Crippen LogP contribution is 2.00. The highest BCUT2D eigenvalue weighted by Gasteiger charge is 2.26. The van der Waals surface area contributed by atoms with Gasteiger partial charge in [0, 0.05) is 12.8 Å². The van der Waals surface area contributed by atoms with Crippen LogP contribution >= 0.6 is 0 Å². The fourth-order valence-corrected chi connectivity index (χ4v) is 1.26. The van der Waals surface area contributed by atoms with Crippen molar-refractivity contribution in [2.75, 3.05) is 0 Å². The van der Waals surface area contributed by atoms with Gasteiger partial charge < -0.3 is 21.1 Å². The molecule has 0 radical (unpaired) electrons. The second-order valence-electron chi connectivity index (χ2n) is 3.72. The molecule has 1 atom stereocenters. The van der Waals surface area contributed by atoms with Crippen LogP contribution < -0.4 is 11.1 Å². The van der Waals surface area contributed by atoms with Gasteiger partial charge in [-0.2, -0.15) is 0 Å². The molecule has 0 spiro atoms. The van der Waals surface area contributed by atoms with Crippen molar-refractivity contribution in [2.24, 2.45) is 5.73 Å². The number of unbranched alkanes of at least 4 members (excludes halogenated alkanes) is 2. The second-order valence-corrected chi connectivity index (χ2v) is 3.72. The van der Waals surface area contributed by atoms with E-state index < -0.39 is 19.0 Å². The SMILES string of the molecule is CCCCCC(=O)N[C@H](CC(N)=O)B(O)O. The summed E-state index contributed by atoms with van der Waals surface area (Å²) in [5.41, 5.74) is 4.92. The minimum absolute atomic E-state index is 0.281. The Balaban J connectivity index is 3.98. The summed E-state index contributed by atoms with van der Waals surface area (Å²) in [7, 11) is -1.78. The zero-order chi connectivity index (χ0) is 12.6. The van der Waals surface area contributed by atoms with E-state index in [-0.39, 0.29) is 12.3 Å². The Kier molecular flexibility index (Phi) is 7.58. The minimum Gasteiger partial charge on any atom is -0.426 e. The van der Waals surface area contributed by atoms with Gasteiger partial charge in [-0.25, -0.2) is 0 Å². The van der Waals surface area contributed by atoms with Gasteiger partial charge in [0.2, 0.25) is 11.8 Å². The molecule has 0 aliphatic rings. The molecule has 16 heavy (non-hydrogen) atoms. The Morgan fingerprint density at radius 3 is 2.44 bits per heavy atom. The molecule has 5 N–H and O–H groups in total. The molecule has 0 aromatic carbocycles. The normalized spacial score (nSPS) is 11.9. The van der Waals surface area contributed by atoms with Crippen molar-refractivity contribution >= 4 is 18.9 Å². The van der Waals surface area contributed by atoms with Gasteiger partial charge in [-0.05, 0) is 6.42 Å². The van der Waals surface area contributed by atoms with Crippen molar-refractivity contribution in [1.82, 2.24) is 5.32 Å². The second kappa shape index (κ2) is 8.12. The number of amides is 2. The summed E-state index contributed by atoms with van der Waals surface area (Å²) in [5.74, 6) is -2.01. The number of rotatable bonds is 8. The summed E-state index contributed by atoms with van der Waals surface area (Å²) in [4.78, 5) is 21.9. The lowest BCUT2D eigenvalue weighted by Gasteiger charge is -2.15. The zero-order valence-corrected chi connectivity index (χ0v) is 9.48. The van der Waals surface area contributed by atoms with Crippen LogP contribution in [0, 0.1) is 0 Å². The van der Waals surface area contributed by atoms with Crippen LogP contribution in [0.2, 0.25) is 0 Å². The summed E-state index contributed by atoms with van der Waals surface area (Å²) in [5, 5.41) is 20.2. The number of primary amides is 1. The standard InChI is InChI=1S/C9H19BN2O4/c1-2-3-4-5-9(14)12-7(10(15)16)6-8(11)13/h7,15-16H,2-6H2,1H3,(H2,11,13)(H,12,14)/t7-/m1/s1. The van der Waals surface area contributed by atoms with Gasteiger partial charge in [0.1, 0.15) is 0 Å². The molecule has 0 bridgehead atoms. The average molecular weight is 230 g/mol. The molecule has 0 aliphatic heterocycles. The Hall–Kier alpha value is -1.08. The molecule has 0 rings (SSSR count). The largest absolute Gasteiger partial charge is 0.475 e. The molecular weight excluding hydrogens is 211 g/mol. The quantitative estimate of drug-likeness (QED) is 0.314. The molecular formula is C9H19BN2O4. The monoisotopic (exact) mass is 230 g/mol. The number of carbonyl (C=O) groups is 2. The molecule has 0 fully saturated rings. The smallest absolute Gasteiger partial charge is 0.426 e. The van der Waals surface area contributed by atoms with E-state index in [0.29, 0.717) is 6.42 Å². The van der Waals surface area contributed by atoms with E-state index in [9.17, 15) is 9.59 Å². The number of nitrogens with one attached hydrogen (secondary N) is 1. The lowest BCUT2D eigenvalue weighted by atomic mass is 9.77. The fraction of sp³-hybridized carbons (Fsp3) is 0.778. The maximum atomic E-state index is 11.3. The van der Waals surface area contributed by atoms with Gasteiger partial charge in [-0.1, -0.05) is 19.8 Å². The van der Waals surface area contributed by atoms with E-state index in [1.807, 2.05) is 6.92 Å². The number of hydrogen-bond acceptors (Lipinski definition) is 4. The van der Waals surface area contributed by atoms with Crippen molar-refractivity contribution in [3.63, 3.8) is 0 Å². The average Bonchev–Trinajstić information content (AvgIpc) is 2.16. The fourth-order valence-electron chi connectivity index (χ4n) is 1.26. The number of nitrogens with two attached hydrogens (primary N) is 1. The first kappa shape index (κ1) is 14.9. The van der Waals surface area contributed by atoms with Gasteiger partial charge in [0.15, 0.2) is 0 Å². The number of hydrogen-bond donors (Lipinski definition) is 4. The van der Waals surface area contributed by atoms with Gasteiger partial charge >= 0.3 is 7.12 Å². The molecule has 92 valence electrons.